The molecule has 0 aliphatic carbocycles. The number of ether oxygens (including phenoxy) is 1. The molecule has 200 valence electrons. The number of hydrogen-bond acceptors (Lipinski definition) is 6. The van der Waals surface area contributed by atoms with E-state index in [4.69, 9.17) is 9.57 Å². The van der Waals surface area contributed by atoms with Crippen molar-refractivity contribution in [3.05, 3.63) is 77.9 Å². The van der Waals surface area contributed by atoms with Crippen molar-refractivity contribution in [2.75, 3.05) is 13.1 Å². The molecule has 9 nitrogen and oxygen atoms in total. The van der Waals surface area contributed by atoms with Gasteiger partial charge in [0.2, 0.25) is 5.91 Å². The van der Waals surface area contributed by atoms with E-state index in [9.17, 15) is 14.0 Å². The first kappa shape index (κ1) is 25.3. The van der Waals surface area contributed by atoms with Crippen LogP contribution in [0.1, 0.15) is 29.9 Å². The number of pyridine rings is 1. The van der Waals surface area contributed by atoms with E-state index >= 15 is 0 Å². The highest BCUT2D eigenvalue weighted by molar-refractivity contribution is 9.18. The maximum absolute atomic E-state index is 14.0. The lowest BCUT2D eigenvalue weighted by molar-refractivity contribution is -0.125. The molecule has 0 bridgehead atoms. The van der Waals surface area contributed by atoms with Gasteiger partial charge in [-0.1, -0.05) is 23.4 Å². The number of nitrogens with one attached hydrogen (secondary N) is 2. The number of amides is 2. The van der Waals surface area contributed by atoms with Gasteiger partial charge >= 0.3 is 6.09 Å². The van der Waals surface area contributed by atoms with Crippen molar-refractivity contribution >= 4 is 54.4 Å². The topological polar surface area (TPSA) is 109 Å². The fourth-order valence-electron chi connectivity index (χ4n) is 5.22. The molecule has 2 aliphatic heterocycles. The lowest BCUT2D eigenvalue weighted by atomic mass is 9.95. The van der Waals surface area contributed by atoms with Crippen LogP contribution in [-0.4, -0.2) is 56.7 Å². The van der Waals surface area contributed by atoms with Crippen LogP contribution in [0.15, 0.2) is 66.1 Å². The highest BCUT2D eigenvalue weighted by Gasteiger charge is 2.42. The minimum Gasteiger partial charge on any atom is -0.444 e. The van der Waals surface area contributed by atoms with Gasteiger partial charge in [0.25, 0.3) is 0 Å². The number of halogens is 2. The average molecular weight is 594 g/mol. The molecule has 2 aromatic carbocycles. The van der Waals surface area contributed by atoms with Crippen LogP contribution >= 0.6 is 15.9 Å². The van der Waals surface area contributed by atoms with Crippen LogP contribution in [0, 0.1) is 5.82 Å². The van der Waals surface area contributed by atoms with E-state index in [1.165, 1.54) is 17.0 Å². The summed E-state index contributed by atoms with van der Waals surface area (Å²) in [4.78, 5) is 41.0. The highest BCUT2D eigenvalue weighted by atomic mass is 79.9. The second-order valence-electron chi connectivity index (χ2n) is 9.77. The Hall–Kier alpha value is -3.99. The number of carbonyl (C=O) groups excluding carboxylic acids is 2. The van der Waals surface area contributed by atoms with Gasteiger partial charge in [0.15, 0.2) is 6.10 Å². The number of aromatic amines is 1. The van der Waals surface area contributed by atoms with Crippen molar-refractivity contribution < 1.29 is 23.6 Å². The maximum atomic E-state index is 14.0. The van der Waals surface area contributed by atoms with E-state index in [1.54, 1.807) is 12.3 Å². The number of aromatic nitrogens is 2. The largest absolute Gasteiger partial charge is 0.444 e. The molecule has 11 heteroatoms. The van der Waals surface area contributed by atoms with Crippen LogP contribution < -0.4 is 5.32 Å². The number of hydrogen-bond donors (Lipinski definition) is 2. The number of benzene rings is 2. The molecule has 0 radical (unpaired) electrons. The maximum Gasteiger partial charge on any atom is 0.410 e. The van der Waals surface area contributed by atoms with E-state index in [1.807, 2.05) is 36.5 Å². The Balaban J connectivity index is 1.19. The molecule has 3 unspecified atom stereocenters. The molecule has 6 rings (SSSR count). The Morgan fingerprint density at radius 1 is 1.23 bits per heavy atom. The fourth-order valence-corrected chi connectivity index (χ4v) is 5.67. The average Bonchev–Trinajstić information content (AvgIpc) is 3.68. The minimum absolute atomic E-state index is 0.0196. The molecule has 1 saturated heterocycles. The molecular formula is C28H25BrFN5O4. The molecule has 4 aromatic rings. The molecule has 2 aliphatic rings. The van der Waals surface area contributed by atoms with Gasteiger partial charge < -0.3 is 19.9 Å². The number of fused-ring (bicyclic) bond motifs is 2. The summed E-state index contributed by atoms with van der Waals surface area (Å²) in [5, 5.41) is 8.42. The van der Waals surface area contributed by atoms with Crippen molar-refractivity contribution in [2.24, 2.45) is 5.16 Å². The summed E-state index contributed by atoms with van der Waals surface area (Å²) in [7, 11) is 0. The van der Waals surface area contributed by atoms with Gasteiger partial charge in [0, 0.05) is 53.1 Å². The zero-order valence-electron chi connectivity index (χ0n) is 20.8. The first-order chi connectivity index (χ1) is 18.9. The Labute approximate surface area is 231 Å². The highest BCUT2D eigenvalue weighted by Crippen LogP contribution is 2.36. The van der Waals surface area contributed by atoms with Gasteiger partial charge in [-0.15, -0.1) is 0 Å². The summed E-state index contributed by atoms with van der Waals surface area (Å²) in [6.07, 6.45) is 3.54. The molecule has 0 spiro atoms. The third-order valence-electron chi connectivity index (χ3n) is 7.16. The molecular weight excluding hydrogens is 569 g/mol. The molecule has 2 amide bonds. The Bertz CT molecular complexity index is 1590. The number of oxime groups is 1. The summed E-state index contributed by atoms with van der Waals surface area (Å²) < 4.78 is 20.4. The molecule has 1 fully saturated rings. The van der Waals surface area contributed by atoms with Crippen LogP contribution in [0.25, 0.3) is 21.8 Å². The summed E-state index contributed by atoms with van der Waals surface area (Å²) >= 11 is 3.29. The second-order valence-corrected chi connectivity index (χ2v) is 10.7. The predicted molar refractivity (Wildman–Crippen MR) is 147 cm³/mol. The quantitative estimate of drug-likeness (QED) is 0.328. The third kappa shape index (κ3) is 5.31. The van der Waals surface area contributed by atoms with E-state index < -0.39 is 12.1 Å². The normalized spacial score (nSPS) is 20.7. The zero-order chi connectivity index (χ0) is 26.9. The van der Waals surface area contributed by atoms with E-state index in [2.05, 4.69) is 36.4 Å². The molecule has 3 atom stereocenters. The molecule has 39 heavy (non-hydrogen) atoms. The summed E-state index contributed by atoms with van der Waals surface area (Å²) in [6.45, 7) is 0.527. The fraction of sp³-hybridized carbons (Fsp3) is 0.286. The van der Waals surface area contributed by atoms with Gasteiger partial charge in [-0.2, -0.15) is 0 Å². The van der Waals surface area contributed by atoms with Gasteiger partial charge in [0.1, 0.15) is 23.1 Å². The minimum atomic E-state index is -0.763. The van der Waals surface area contributed by atoms with E-state index in [0.29, 0.717) is 17.5 Å². The number of H-pyrrole nitrogens is 1. The smallest absolute Gasteiger partial charge is 0.410 e. The van der Waals surface area contributed by atoms with Crippen molar-refractivity contribution in [3.63, 3.8) is 0 Å². The Morgan fingerprint density at radius 2 is 2.10 bits per heavy atom. The van der Waals surface area contributed by atoms with Crippen molar-refractivity contribution in [1.29, 1.82) is 0 Å². The number of para-hydroxylation sites is 1. The lowest BCUT2D eigenvalue weighted by Gasteiger charge is -2.23. The van der Waals surface area contributed by atoms with Crippen LogP contribution in [0.3, 0.4) is 0 Å². The Morgan fingerprint density at radius 3 is 2.95 bits per heavy atom. The monoisotopic (exact) mass is 593 g/mol. The molecule has 2 N–H and O–H groups in total. The number of rotatable bonds is 6. The zero-order valence-corrected chi connectivity index (χ0v) is 22.4. The van der Waals surface area contributed by atoms with Crippen molar-refractivity contribution in [1.82, 2.24) is 20.2 Å². The van der Waals surface area contributed by atoms with Gasteiger partial charge in [-0.05, 0) is 58.2 Å². The molecule has 4 heterocycles. The van der Waals surface area contributed by atoms with E-state index in [-0.39, 0.29) is 43.4 Å². The summed E-state index contributed by atoms with van der Waals surface area (Å²) in [5.74, 6) is -0.841. The first-order valence-corrected chi connectivity index (χ1v) is 13.4. The Kier molecular flexibility index (Phi) is 6.90. The van der Waals surface area contributed by atoms with Gasteiger partial charge in [-0.3, -0.25) is 14.7 Å². The van der Waals surface area contributed by atoms with Crippen LogP contribution in [-0.2, 0) is 21.0 Å². The van der Waals surface area contributed by atoms with Gasteiger partial charge in [0.05, 0.1) is 12.1 Å². The van der Waals surface area contributed by atoms with Gasteiger partial charge in [-0.25, -0.2) is 9.18 Å². The van der Waals surface area contributed by atoms with E-state index in [0.717, 1.165) is 32.9 Å². The second kappa shape index (κ2) is 10.6. The summed E-state index contributed by atoms with van der Waals surface area (Å²) in [6, 6.07) is 13.4. The first-order valence-electron chi connectivity index (χ1n) is 12.6. The number of likely N-dealkylation sites (tertiary alicyclic amines) is 1. The number of carbonyl (C=O) groups is 2. The van der Waals surface area contributed by atoms with Crippen molar-refractivity contribution in [2.45, 2.75) is 37.5 Å². The van der Waals surface area contributed by atoms with Crippen molar-refractivity contribution in [3.8, 4) is 0 Å². The van der Waals surface area contributed by atoms with Crippen LogP contribution in [0.2, 0.25) is 0 Å². The standard InChI is InChI=1S/C28H25BrFN5O4/c29-26-10-20(39-34-26)12-33-27(36)25-8-18(22-13-32-24-6-5-19(30)9-21(22)24)14-35(25)28(37)38-15-16-7-17-3-1-2-4-23(17)31-11-16/h1-7,9,11,13,18,20,25,32H,8,10,12,14-15H2,(H,33,36). The predicted octanol–water partition coefficient (Wildman–Crippen LogP) is 4.96. The summed E-state index contributed by atoms with van der Waals surface area (Å²) in [5.41, 5.74) is 3.24. The third-order valence-corrected chi connectivity index (χ3v) is 7.63. The van der Waals surface area contributed by atoms with Crippen LogP contribution in [0.4, 0.5) is 9.18 Å². The SMILES string of the molecule is O=C(NCC1CC(Br)=NO1)C1CC(c2c[nH]c3ccc(F)cc23)CN1C(=O)OCc1cnc2ccccc2c1. The molecule has 0 saturated carbocycles. The lowest BCUT2D eigenvalue weighted by Crippen LogP contribution is -2.47. The van der Waals surface area contributed by atoms with Crippen LogP contribution in [0.5, 0.6) is 0 Å². The molecule has 2 aromatic heterocycles. The number of nitrogens with zero attached hydrogens (tertiary/aromatic N) is 3.